The quantitative estimate of drug-likeness (QED) is 0.234. The normalized spacial score (nSPS) is 15.1. The van der Waals surface area contributed by atoms with E-state index >= 15 is 0 Å². The van der Waals surface area contributed by atoms with Crippen molar-refractivity contribution >= 4 is 40.2 Å². The first-order valence-electron chi connectivity index (χ1n) is 12.4. The molecule has 206 valence electrons. The number of thioether (sulfide) groups is 1. The number of oxazole rings is 1. The molecule has 0 saturated carbocycles. The maximum Gasteiger partial charge on any atom is 0.404 e. The molecular formula is C24H37N5O6S2. The number of hydrogen-bond acceptors (Lipinski definition) is 10. The Bertz CT molecular complexity index is 984. The first-order chi connectivity index (χ1) is 17.7. The van der Waals surface area contributed by atoms with Crippen LogP contribution in [0.3, 0.4) is 0 Å². The van der Waals surface area contributed by atoms with E-state index in [1.165, 1.54) is 11.3 Å². The van der Waals surface area contributed by atoms with Crippen molar-refractivity contribution in [1.82, 2.24) is 20.2 Å². The van der Waals surface area contributed by atoms with Crippen molar-refractivity contribution in [3.05, 3.63) is 24.0 Å². The lowest BCUT2D eigenvalue weighted by Gasteiger charge is -2.30. The number of likely N-dealkylation sites (tertiary alicyclic amines) is 1. The van der Waals surface area contributed by atoms with Gasteiger partial charge in [0.2, 0.25) is 11.8 Å². The van der Waals surface area contributed by atoms with E-state index in [1.54, 1.807) is 24.2 Å². The standard InChI is InChI=1S/C24H37N5O6S2/c1-24(2,3)18-14-26-19(35-18)16-36-20-15-27-22(37-20)28-21(30)17-4-7-29(8-5-17)9-11-34-13-12-33-10-6-25-23(31)32/h14-15,17,25H,4-13,16H2,1-3H3,(H,31,32)(H,27,28,30). The lowest BCUT2D eigenvalue weighted by molar-refractivity contribution is -0.121. The minimum absolute atomic E-state index is 0.0203. The van der Waals surface area contributed by atoms with Crippen LogP contribution in [0.5, 0.6) is 0 Å². The first-order valence-corrected chi connectivity index (χ1v) is 14.2. The Balaban J connectivity index is 1.26. The fourth-order valence-corrected chi connectivity index (χ4v) is 5.34. The molecule has 0 unspecified atom stereocenters. The smallest absolute Gasteiger partial charge is 0.404 e. The average molecular weight is 556 g/mol. The minimum atomic E-state index is -1.05. The van der Waals surface area contributed by atoms with E-state index in [4.69, 9.17) is 19.0 Å². The molecule has 13 heteroatoms. The molecule has 0 radical (unpaired) electrons. The summed E-state index contributed by atoms with van der Waals surface area (Å²) in [6, 6.07) is 0. The SMILES string of the molecule is CC(C)(C)c1cnc(CSc2cnc(NC(=O)C3CCN(CCOCCOCCNC(=O)O)CC3)s2)o1. The van der Waals surface area contributed by atoms with E-state index in [0.29, 0.717) is 43.2 Å². The number of carboxylic acid groups (broad SMARTS) is 1. The van der Waals surface area contributed by atoms with Gasteiger partial charge in [0.25, 0.3) is 0 Å². The Morgan fingerprint density at radius 2 is 1.89 bits per heavy atom. The van der Waals surface area contributed by atoms with Gasteiger partial charge < -0.3 is 34.5 Å². The molecular weight excluding hydrogens is 518 g/mol. The Morgan fingerprint density at radius 1 is 1.16 bits per heavy atom. The van der Waals surface area contributed by atoms with Gasteiger partial charge in [-0.2, -0.15) is 0 Å². The molecule has 0 aromatic carbocycles. The molecule has 3 rings (SSSR count). The van der Waals surface area contributed by atoms with E-state index in [1.807, 2.05) is 0 Å². The second kappa shape index (κ2) is 14.7. The van der Waals surface area contributed by atoms with Gasteiger partial charge in [-0.25, -0.2) is 14.8 Å². The molecule has 1 aliphatic rings. The van der Waals surface area contributed by atoms with E-state index in [2.05, 4.69) is 46.3 Å². The van der Waals surface area contributed by atoms with Crippen LogP contribution in [-0.4, -0.2) is 84.6 Å². The van der Waals surface area contributed by atoms with Gasteiger partial charge in [0.05, 0.1) is 48.8 Å². The zero-order chi connectivity index (χ0) is 26.7. The average Bonchev–Trinajstić information content (AvgIpc) is 3.51. The Labute approximate surface area is 225 Å². The third-order valence-electron chi connectivity index (χ3n) is 5.75. The summed E-state index contributed by atoms with van der Waals surface area (Å²) in [5.41, 5.74) is -0.0676. The Kier molecular flexibility index (Phi) is 11.6. The minimum Gasteiger partial charge on any atom is -0.465 e. The van der Waals surface area contributed by atoms with Crippen LogP contribution in [-0.2, 0) is 25.4 Å². The highest BCUT2D eigenvalue weighted by Gasteiger charge is 2.25. The summed E-state index contributed by atoms with van der Waals surface area (Å²) < 4.78 is 17.7. The van der Waals surface area contributed by atoms with Crippen LogP contribution >= 0.6 is 23.1 Å². The molecule has 11 nitrogen and oxygen atoms in total. The molecule has 1 aliphatic heterocycles. The summed E-state index contributed by atoms with van der Waals surface area (Å²) in [6.07, 6.45) is 4.12. The van der Waals surface area contributed by atoms with E-state index < -0.39 is 6.09 Å². The Hall–Kier alpha value is -2.19. The molecule has 0 spiro atoms. The second-order valence-electron chi connectivity index (χ2n) is 9.70. The summed E-state index contributed by atoms with van der Waals surface area (Å²) in [6.45, 7) is 10.9. The highest BCUT2D eigenvalue weighted by Crippen LogP contribution is 2.32. The number of anilines is 1. The fourth-order valence-electron chi connectivity index (χ4n) is 3.61. The zero-order valence-corrected chi connectivity index (χ0v) is 23.3. The van der Waals surface area contributed by atoms with Gasteiger partial charge in [-0.05, 0) is 25.9 Å². The van der Waals surface area contributed by atoms with Crippen molar-refractivity contribution in [2.24, 2.45) is 5.92 Å². The van der Waals surface area contributed by atoms with E-state index in [9.17, 15) is 9.59 Å². The number of aromatic nitrogens is 2. The lowest BCUT2D eigenvalue weighted by Crippen LogP contribution is -2.39. The number of piperidine rings is 1. The summed E-state index contributed by atoms with van der Waals surface area (Å²) in [5, 5.41) is 14.3. The fraction of sp³-hybridized carbons (Fsp3) is 0.667. The van der Waals surface area contributed by atoms with Crippen molar-refractivity contribution in [1.29, 1.82) is 0 Å². The van der Waals surface area contributed by atoms with Crippen LogP contribution < -0.4 is 10.6 Å². The van der Waals surface area contributed by atoms with Crippen LogP contribution in [0, 0.1) is 5.92 Å². The van der Waals surface area contributed by atoms with Gasteiger partial charge in [0, 0.05) is 24.4 Å². The molecule has 3 N–H and O–H groups in total. The third-order valence-corrected chi connectivity index (χ3v) is 7.84. The highest BCUT2D eigenvalue weighted by molar-refractivity contribution is 8.00. The number of carbonyl (C=O) groups excluding carboxylic acids is 1. The Morgan fingerprint density at radius 3 is 2.57 bits per heavy atom. The molecule has 1 fully saturated rings. The number of rotatable bonds is 14. The molecule has 37 heavy (non-hydrogen) atoms. The van der Waals surface area contributed by atoms with E-state index in [-0.39, 0.29) is 23.8 Å². The summed E-state index contributed by atoms with van der Waals surface area (Å²) in [5.74, 6) is 2.18. The topological polar surface area (TPSA) is 139 Å². The summed E-state index contributed by atoms with van der Waals surface area (Å²) in [4.78, 5) is 34.1. The maximum absolute atomic E-state index is 12.7. The first kappa shape index (κ1) is 29.4. The third kappa shape index (κ3) is 10.6. The lowest BCUT2D eigenvalue weighted by atomic mass is 9.94. The number of amides is 2. The zero-order valence-electron chi connectivity index (χ0n) is 21.7. The van der Waals surface area contributed by atoms with Crippen LogP contribution in [0.2, 0.25) is 0 Å². The van der Waals surface area contributed by atoms with Gasteiger partial charge >= 0.3 is 6.09 Å². The predicted molar refractivity (Wildman–Crippen MR) is 142 cm³/mol. The largest absolute Gasteiger partial charge is 0.465 e. The highest BCUT2D eigenvalue weighted by atomic mass is 32.2. The number of ether oxygens (including phenoxy) is 2. The number of thiazole rings is 1. The molecule has 0 aliphatic carbocycles. The van der Waals surface area contributed by atoms with Crippen molar-refractivity contribution in [3.8, 4) is 0 Å². The summed E-state index contributed by atoms with van der Waals surface area (Å²) >= 11 is 3.06. The van der Waals surface area contributed by atoms with Crippen molar-refractivity contribution < 1.29 is 28.6 Å². The van der Waals surface area contributed by atoms with Crippen molar-refractivity contribution in [2.45, 2.75) is 49.0 Å². The van der Waals surface area contributed by atoms with Gasteiger partial charge in [-0.1, -0.05) is 32.1 Å². The molecule has 0 bridgehead atoms. The molecule has 3 heterocycles. The number of carbonyl (C=O) groups is 2. The maximum atomic E-state index is 12.7. The van der Waals surface area contributed by atoms with Crippen LogP contribution in [0.15, 0.2) is 21.0 Å². The second-order valence-corrected chi connectivity index (χ2v) is 12.0. The number of hydrogen-bond donors (Lipinski definition) is 3. The van der Waals surface area contributed by atoms with Crippen LogP contribution in [0.4, 0.5) is 9.93 Å². The number of nitrogens with zero attached hydrogens (tertiary/aromatic N) is 3. The summed E-state index contributed by atoms with van der Waals surface area (Å²) in [7, 11) is 0. The molecule has 2 aromatic rings. The van der Waals surface area contributed by atoms with Gasteiger partial charge in [0.15, 0.2) is 5.13 Å². The van der Waals surface area contributed by atoms with Gasteiger partial charge in [-0.15, -0.1) is 11.8 Å². The molecule has 2 aromatic heterocycles. The van der Waals surface area contributed by atoms with Gasteiger partial charge in [0.1, 0.15) is 5.76 Å². The molecule has 0 atom stereocenters. The monoisotopic (exact) mass is 555 g/mol. The molecule has 2 amide bonds. The predicted octanol–water partition coefficient (Wildman–Crippen LogP) is 3.67. The van der Waals surface area contributed by atoms with E-state index in [0.717, 1.165) is 42.4 Å². The van der Waals surface area contributed by atoms with Crippen LogP contribution in [0.1, 0.15) is 45.3 Å². The van der Waals surface area contributed by atoms with Crippen molar-refractivity contribution in [3.63, 3.8) is 0 Å². The van der Waals surface area contributed by atoms with Crippen molar-refractivity contribution in [2.75, 3.05) is 57.9 Å². The van der Waals surface area contributed by atoms with Gasteiger partial charge in [-0.3, -0.25) is 4.79 Å². The molecule has 1 saturated heterocycles. The number of nitrogens with one attached hydrogen (secondary N) is 2. The van der Waals surface area contributed by atoms with Crippen LogP contribution in [0.25, 0.3) is 0 Å².